The van der Waals surface area contributed by atoms with Gasteiger partial charge in [-0.25, -0.2) is 4.39 Å². The van der Waals surface area contributed by atoms with Gasteiger partial charge in [-0.3, -0.25) is 0 Å². The predicted molar refractivity (Wildman–Crippen MR) is 45.5 cm³/mol. The third kappa shape index (κ3) is 1.49. The van der Waals surface area contributed by atoms with Crippen LogP contribution in [0.3, 0.4) is 0 Å². The van der Waals surface area contributed by atoms with Crippen molar-refractivity contribution in [3.63, 3.8) is 0 Å². The van der Waals surface area contributed by atoms with E-state index in [1.54, 1.807) is 6.92 Å². The van der Waals surface area contributed by atoms with Crippen molar-refractivity contribution >= 4 is 27.5 Å². The number of rotatable bonds is 0. The molecular formula is C7H5BrClFO. The summed E-state index contributed by atoms with van der Waals surface area (Å²) in [4.78, 5) is 0. The molecule has 1 aromatic carbocycles. The second-order valence-electron chi connectivity index (χ2n) is 2.13. The molecule has 0 saturated heterocycles. The fourth-order valence-corrected chi connectivity index (χ4v) is 1.38. The SMILES string of the molecule is Cc1c(Cl)cc(F)c(O)c1Br. The van der Waals surface area contributed by atoms with Gasteiger partial charge in [-0.15, -0.1) is 0 Å². The Hall–Kier alpha value is -0.280. The molecule has 1 aromatic rings. The van der Waals surface area contributed by atoms with Crippen molar-refractivity contribution in [3.05, 3.63) is 26.9 Å². The summed E-state index contributed by atoms with van der Waals surface area (Å²) in [6, 6.07) is 1.08. The van der Waals surface area contributed by atoms with E-state index >= 15 is 0 Å². The lowest BCUT2D eigenvalue weighted by molar-refractivity contribution is 0.428. The van der Waals surface area contributed by atoms with Crippen LogP contribution in [0, 0.1) is 12.7 Å². The fourth-order valence-electron chi connectivity index (χ4n) is 0.675. The van der Waals surface area contributed by atoms with Crippen LogP contribution in [-0.4, -0.2) is 5.11 Å². The van der Waals surface area contributed by atoms with Crippen molar-refractivity contribution in [2.75, 3.05) is 0 Å². The van der Waals surface area contributed by atoms with Crippen LogP contribution in [0.4, 0.5) is 4.39 Å². The number of benzene rings is 1. The van der Waals surface area contributed by atoms with E-state index in [0.29, 0.717) is 15.1 Å². The lowest BCUT2D eigenvalue weighted by atomic mass is 10.2. The molecule has 0 heterocycles. The first kappa shape index (κ1) is 8.81. The highest BCUT2D eigenvalue weighted by molar-refractivity contribution is 9.10. The molecule has 0 atom stereocenters. The van der Waals surface area contributed by atoms with Crippen LogP contribution in [0.5, 0.6) is 5.75 Å². The molecule has 0 bridgehead atoms. The zero-order valence-corrected chi connectivity index (χ0v) is 8.00. The molecule has 0 aliphatic carbocycles. The van der Waals surface area contributed by atoms with Crippen LogP contribution in [-0.2, 0) is 0 Å². The molecule has 0 aliphatic heterocycles. The molecule has 0 aliphatic rings. The minimum absolute atomic E-state index is 0.298. The van der Waals surface area contributed by atoms with E-state index in [-0.39, 0.29) is 0 Å². The Balaban J connectivity index is 3.46. The summed E-state index contributed by atoms with van der Waals surface area (Å²) in [5.74, 6) is -1.11. The van der Waals surface area contributed by atoms with Crippen molar-refractivity contribution in [2.45, 2.75) is 6.92 Å². The average molecular weight is 239 g/mol. The number of phenols is 1. The monoisotopic (exact) mass is 238 g/mol. The minimum atomic E-state index is -0.715. The second-order valence-corrected chi connectivity index (χ2v) is 3.33. The molecule has 0 aromatic heterocycles. The molecule has 1 N–H and O–H groups in total. The van der Waals surface area contributed by atoms with Gasteiger partial charge in [-0.05, 0) is 34.5 Å². The maximum Gasteiger partial charge on any atom is 0.167 e. The van der Waals surface area contributed by atoms with Crippen LogP contribution in [0.15, 0.2) is 10.5 Å². The Morgan fingerprint density at radius 2 is 2.18 bits per heavy atom. The van der Waals surface area contributed by atoms with Crippen LogP contribution in [0.1, 0.15) is 5.56 Å². The van der Waals surface area contributed by atoms with Crippen molar-refractivity contribution in [1.82, 2.24) is 0 Å². The third-order valence-corrected chi connectivity index (χ3v) is 2.74. The Bertz CT molecular complexity index is 275. The van der Waals surface area contributed by atoms with Gasteiger partial charge in [0.1, 0.15) is 0 Å². The minimum Gasteiger partial charge on any atom is -0.504 e. The molecule has 60 valence electrons. The van der Waals surface area contributed by atoms with Crippen molar-refractivity contribution in [1.29, 1.82) is 0 Å². The Morgan fingerprint density at radius 1 is 1.64 bits per heavy atom. The molecule has 11 heavy (non-hydrogen) atoms. The molecule has 0 fully saturated rings. The van der Waals surface area contributed by atoms with Crippen LogP contribution < -0.4 is 0 Å². The zero-order valence-electron chi connectivity index (χ0n) is 5.66. The van der Waals surface area contributed by atoms with Crippen molar-refractivity contribution < 1.29 is 9.50 Å². The molecule has 0 spiro atoms. The van der Waals surface area contributed by atoms with E-state index in [1.165, 1.54) is 0 Å². The second kappa shape index (κ2) is 2.99. The van der Waals surface area contributed by atoms with Gasteiger partial charge in [0.05, 0.1) is 4.47 Å². The summed E-state index contributed by atoms with van der Waals surface area (Å²) < 4.78 is 13.0. The maximum atomic E-state index is 12.7. The van der Waals surface area contributed by atoms with Gasteiger partial charge in [-0.1, -0.05) is 11.6 Å². The highest BCUT2D eigenvalue weighted by Gasteiger charge is 2.10. The fraction of sp³-hybridized carbons (Fsp3) is 0.143. The summed E-state index contributed by atoms with van der Waals surface area (Å²) in [6.45, 7) is 1.69. The smallest absolute Gasteiger partial charge is 0.167 e. The normalized spacial score (nSPS) is 10.2. The molecule has 0 saturated carbocycles. The van der Waals surface area contributed by atoms with E-state index in [2.05, 4.69) is 15.9 Å². The first-order chi connectivity index (χ1) is 5.04. The van der Waals surface area contributed by atoms with Gasteiger partial charge in [0.25, 0.3) is 0 Å². The van der Waals surface area contributed by atoms with E-state index in [4.69, 9.17) is 16.7 Å². The van der Waals surface area contributed by atoms with E-state index in [1.807, 2.05) is 0 Å². The molecule has 0 amide bonds. The van der Waals surface area contributed by atoms with Crippen molar-refractivity contribution in [3.8, 4) is 5.75 Å². The summed E-state index contributed by atoms with van der Waals surface area (Å²) in [6.07, 6.45) is 0. The highest BCUT2D eigenvalue weighted by Crippen LogP contribution is 2.34. The number of halogens is 3. The Labute approximate surface area is 76.9 Å². The average Bonchev–Trinajstić information content (AvgIpc) is 1.97. The molecular weight excluding hydrogens is 234 g/mol. The van der Waals surface area contributed by atoms with Crippen molar-refractivity contribution in [2.24, 2.45) is 0 Å². The number of aromatic hydroxyl groups is 1. The summed E-state index contributed by atoms with van der Waals surface area (Å²) in [7, 11) is 0. The van der Waals surface area contributed by atoms with E-state index in [0.717, 1.165) is 6.07 Å². The number of phenolic OH excluding ortho intramolecular Hbond substituents is 1. The van der Waals surface area contributed by atoms with Crippen LogP contribution in [0.2, 0.25) is 5.02 Å². The van der Waals surface area contributed by atoms with E-state index < -0.39 is 11.6 Å². The summed E-state index contributed by atoms with van der Waals surface area (Å²) in [5, 5.41) is 9.33. The topological polar surface area (TPSA) is 20.2 Å². The van der Waals surface area contributed by atoms with Gasteiger partial charge in [0.15, 0.2) is 11.6 Å². The summed E-state index contributed by atoms with van der Waals surface area (Å²) >= 11 is 8.62. The largest absolute Gasteiger partial charge is 0.504 e. The highest BCUT2D eigenvalue weighted by atomic mass is 79.9. The Morgan fingerprint density at radius 3 is 2.73 bits per heavy atom. The number of hydrogen-bond donors (Lipinski definition) is 1. The number of hydrogen-bond acceptors (Lipinski definition) is 1. The molecule has 0 unspecified atom stereocenters. The lowest BCUT2D eigenvalue weighted by Crippen LogP contribution is -1.83. The molecule has 0 radical (unpaired) electrons. The van der Waals surface area contributed by atoms with Gasteiger partial charge < -0.3 is 5.11 Å². The van der Waals surface area contributed by atoms with Gasteiger partial charge in [-0.2, -0.15) is 0 Å². The maximum absolute atomic E-state index is 12.7. The molecule has 4 heteroatoms. The van der Waals surface area contributed by atoms with Crippen LogP contribution >= 0.6 is 27.5 Å². The third-order valence-electron chi connectivity index (χ3n) is 1.38. The lowest BCUT2D eigenvalue weighted by Gasteiger charge is -2.03. The standard InChI is InChI=1S/C7H5BrClFO/c1-3-4(9)2-5(10)7(11)6(3)8/h2,11H,1H3. The van der Waals surface area contributed by atoms with Crippen LogP contribution in [0.25, 0.3) is 0 Å². The summed E-state index contributed by atoms with van der Waals surface area (Å²) in [5.41, 5.74) is 0.630. The van der Waals surface area contributed by atoms with Gasteiger partial charge >= 0.3 is 0 Å². The predicted octanol–water partition coefficient (Wildman–Crippen LogP) is 3.26. The molecule has 1 rings (SSSR count). The Kier molecular flexibility index (Phi) is 2.40. The van der Waals surface area contributed by atoms with Gasteiger partial charge in [0.2, 0.25) is 0 Å². The first-order valence-electron chi connectivity index (χ1n) is 2.87. The van der Waals surface area contributed by atoms with Gasteiger partial charge in [0, 0.05) is 5.02 Å². The van der Waals surface area contributed by atoms with E-state index in [9.17, 15) is 4.39 Å². The quantitative estimate of drug-likeness (QED) is 0.737. The first-order valence-corrected chi connectivity index (χ1v) is 4.04. The molecule has 1 nitrogen and oxygen atoms in total. The zero-order chi connectivity index (χ0) is 8.59.